The average molecular weight is 495 g/mol. The van der Waals surface area contributed by atoms with E-state index in [9.17, 15) is 14.0 Å². The number of carbonyl (C=O) groups excluding carboxylic acids is 2. The molecule has 0 spiro atoms. The Labute approximate surface area is 210 Å². The number of ether oxygens (including phenoxy) is 1. The van der Waals surface area contributed by atoms with E-state index in [1.165, 1.54) is 17.0 Å². The quantitative estimate of drug-likeness (QED) is 0.407. The first kappa shape index (κ1) is 24.9. The van der Waals surface area contributed by atoms with Crippen molar-refractivity contribution in [2.24, 2.45) is 0 Å². The summed E-state index contributed by atoms with van der Waals surface area (Å²) in [7, 11) is 0. The van der Waals surface area contributed by atoms with Crippen LogP contribution >= 0.6 is 11.3 Å². The maximum absolute atomic E-state index is 13.7. The summed E-state index contributed by atoms with van der Waals surface area (Å²) in [5, 5.41) is 2.03. The Morgan fingerprint density at radius 1 is 1.20 bits per heavy atom. The number of benzene rings is 2. The molecule has 2 atom stereocenters. The van der Waals surface area contributed by atoms with E-state index in [4.69, 9.17) is 4.74 Å². The Hall–Kier alpha value is -3.19. The second kappa shape index (κ2) is 11.0. The molecule has 4 rings (SSSR count). The van der Waals surface area contributed by atoms with Crippen molar-refractivity contribution in [3.8, 4) is 5.75 Å². The Balaban J connectivity index is 1.56. The molecule has 1 aliphatic rings. The summed E-state index contributed by atoms with van der Waals surface area (Å²) in [5.41, 5.74) is 2.57. The van der Waals surface area contributed by atoms with Crippen LogP contribution in [0.3, 0.4) is 0 Å². The van der Waals surface area contributed by atoms with Gasteiger partial charge in [0.15, 0.2) is 0 Å². The number of hydrogen-bond donors (Lipinski definition) is 0. The molecule has 35 heavy (non-hydrogen) atoms. The van der Waals surface area contributed by atoms with Crippen LogP contribution in [-0.4, -0.2) is 47.4 Å². The fourth-order valence-corrected chi connectivity index (χ4v) is 5.39. The lowest BCUT2D eigenvalue weighted by atomic mass is 10.00. The van der Waals surface area contributed by atoms with Crippen molar-refractivity contribution in [2.45, 2.75) is 45.7 Å². The SMILES string of the molecule is CC[C@@H](C)N(CC(=O)N1CCc2sccc2[C@H]1COc1cccc(F)c1)C(=O)c1ccccc1C. The fraction of sp³-hybridized carbons (Fsp3) is 0.357. The molecule has 1 aliphatic heterocycles. The van der Waals surface area contributed by atoms with Crippen LogP contribution in [0.5, 0.6) is 5.75 Å². The zero-order chi connectivity index (χ0) is 24.9. The standard InChI is InChI=1S/C28H31FN2O3S/c1-4-20(3)31(28(33)23-11-6-5-8-19(23)2)17-27(32)30-14-12-26-24(13-15-35-26)25(30)18-34-22-10-7-9-21(29)16-22/h5-11,13,15-16,20,25H,4,12,14,17-18H2,1-3H3/t20-,25-/m1/s1. The molecule has 0 saturated heterocycles. The van der Waals surface area contributed by atoms with E-state index in [1.54, 1.807) is 28.4 Å². The smallest absolute Gasteiger partial charge is 0.254 e. The van der Waals surface area contributed by atoms with Gasteiger partial charge in [-0.1, -0.05) is 31.2 Å². The zero-order valence-electron chi connectivity index (χ0n) is 20.4. The van der Waals surface area contributed by atoms with Gasteiger partial charge in [0.2, 0.25) is 5.91 Å². The van der Waals surface area contributed by atoms with E-state index in [1.807, 2.05) is 61.4 Å². The molecule has 2 aromatic carbocycles. The lowest BCUT2D eigenvalue weighted by molar-refractivity contribution is -0.136. The highest BCUT2D eigenvalue weighted by Crippen LogP contribution is 2.34. The highest BCUT2D eigenvalue weighted by molar-refractivity contribution is 7.10. The summed E-state index contributed by atoms with van der Waals surface area (Å²) in [5.74, 6) is -0.187. The van der Waals surface area contributed by atoms with Gasteiger partial charge in [-0.25, -0.2) is 4.39 Å². The van der Waals surface area contributed by atoms with E-state index >= 15 is 0 Å². The molecule has 0 fully saturated rings. The van der Waals surface area contributed by atoms with Gasteiger partial charge >= 0.3 is 0 Å². The number of nitrogens with zero attached hydrogens (tertiary/aromatic N) is 2. The van der Waals surface area contributed by atoms with Gasteiger partial charge in [-0.2, -0.15) is 0 Å². The molecular formula is C28H31FN2O3S. The van der Waals surface area contributed by atoms with Crippen LogP contribution in [0.2, 0.25) is 0 Å². The van der Waals surface area contributed by atoms with Crippen LogP contribution in [0.25, 0.3) is 0 Å². The number of amides is 2. The largest absolute Gasteiger partial charge is 0.491 e. The Morgan fingerprint density at radius 2 is 2.00 bits per heavy atom. The molecule has 1 aromatic heterocycles. The third-order valence-electron chi connectivity index (χ3n) is 6.68. The van der Waals surface area contributed by atoms with Crippen LogP contribution in [-0.2, 0) is 11.2 Å². The van der Waals surface area contributed by atoms with Gasteiger partial charge in [-0.15, -0.1) is 11.3 Å². The topological polar surface area (TPSA) is 49.9 Å². The van der Waals surface area contributed by atoms with Crippen molar-refractivity contribution < 1.29 is 18.7 Å². The first-order valence-electron chi connectivity index (χ1n) is 12.0. The van der Waals surface area contributed by atoms with Gasteiger partial charge in [0.05, 0.1) is 6.04 Å². The van der Waals surface area contributed by atoms with Gasteiger partial charge in [0.1, 0.15) is 24.7 Å². The normalized spacial score (nSPS) is 15.9. The minimum Gasteiger partial charge on any atom is -0.491 e. The summed E-state index contributed by atoms with van der Waals surface area (Å²) in [6, 6.07) is 15.1. The van der Waals surface area contributed by atoms with E-state index < -0.39 is 0 Å². The van der Waals surface area contributed by atoms with Crippen molar-refractivity contribution in [3.63, 3.8) is 0 Å². The third kappa shape index (κ3) is 5.56. The lowest BCUT2D eigenvalue weighted by Gasteiger charge is -2.38. The van der Waals surface area contributed by atoms with Crippen LogP contribution < -0.4 is 4.74 Å². The minimum absolute atomic E-state index is 0.00188. The maximum Gasteiger partial charge on any atom is 0.254 e. The number of halogens is 1. The molecule has 0 unspecified atom stereocenters. The molecule has 0 bridgehead atoms. The highest BCUT2D eigenvalue weighted by atomic mass is 32.1. The molecule has 2 amide bonds. The predicted octanol–water partition coefficient (Wildman–Crippen LogP) is 5.64. The highest BCUT2D eigenvalue weighted by Gasteiger charge is 2.34. The van der Waals surface area contributed by atoms with Crippen molar-refractivity contribution >= 4 is 23.2 Å². The molecule has 0 N–H and O–H groups in total. The molecule has 2 heterocycles. The van der Waals surface area contributed by atoms with Gasteiger partial charge in [-0.05, 0) is 67.5 Å². The molecule has 5 nitrogen and oxygen atoms in total. The molecule has 0 aliphatic carbocycles. The molecule has 0 radical (unpaired) electrons. The van der Waals surface area contributed by atoms with Crippen LogP contribution in [0.1, 0.15) is 52.7 Å². The fourth-order valence-electron chi connectivity index (χ4n) is 4.46. The van der Waals surface area contributed by atoms with E-state index in [0.29, 0.717) is 17.9 Å². The molecule has 3 aromatic rings. The number of rotatable bonds is 8. The summed E-state index contributed by atoms with van der Waals surface area (Å²) >= 11 is 1.68. The molecule has 184 valence electrons. The van der Waals surface area contributed by atoms with Crippen molar-refractivity contribution in [2.75, 3.05) is 19.7 Å². The van der Waals surface area contributed by atoms with Crippen molar-refractivity contribution in [1.82, 2.24) is 9.80 Å². The molecule has 0 saturated carbocycles. The van der Waals surface area contributed by atoms with Crippen LogP contribution in [0, 0.1) is 12.7 Å². The Bertz CT molecular complexity index is 1190. The Kier molecular flexibility index (Phi) is 7.86. The number of aryl methyl sites for hydroxylation is 1. The Morgan fingerprint density at radius 3 is 2.74 bits per heavy atom. The molecular weight excluding hydrogens is 463 g/mol. The lowest BCUT2D eigenvalue weighted by Crippen LogP contribution is -2.50. The monoisotopic (exact) mass is 494 g/mol. The maximum atomic E-state index is 13.7. The van der Waals surface area contributed by atoms with Crippen LogP contribution in [0.4, 0.5) is 4.39 Å². The summed E-state index contributed by atoms with van der Waals surface area (Å²) in [6.07, 6.45) is 1.51. The number of thiophene rings is 1. The van der Waals surface area contributed by atoms with E-state index in [2.05, 4.69) is 0 Å². The second-order valence-corrected chi connectivity index (χ2v) is 9.93. The van der Waals surface area contributed by atoms with Crippen molar-refractivity contribution in [3.05, 3.63) is 87.4 Å². The number of fused-ring (bicyclic) bond motifs is 1. The first-order valence-corrected chi connectivity index (χ1v) is 12.9. The predicted molar refractivity (Wildman–Crippen MR) is 136 cm³/mol. The van der Waals surface area contributed by atoms with Gasteiger partial charge < -0.3 is 14.5 Å². The zero-order valence-corrected chi connectivity index (χ0v) is 21.2. The van der Waals surface area contributed by atoms with Crippen molar-refractivity contribution in [1.29, 1.82) is 0 Å². The number of carbonyl (C=O) groups is 2. The van der Waals surface area contributed by atoms with E-state index in [0.717, 1.165) is 24.0 Å². The summed E-state index contributed by atoms with van der Waals surface area (Å²) in [6.45, 7) is 6.66. The average Bonchev–Trinajstić information content (AvgIpc) is 3.34. The summed E-state index contributed by atoms with van der Waals surface area (Å²) in [4.78, 5) is 31.9. The number of hydrogen-bond acceptors (Lipinski definition) is 4. The van der Waals surface area contributed by atoms with Gasteiger partial charge in [-0.3, -0.25) is 9.59 Å². The van der Waals surface area contributed by atoms with Gasteiger partial charge in [0, 0.05) is 29.1 Å². The van der Waals surface area contributed by atoms with E-state index in [-0.39, 0.29) is 42.9 Å². The van der Waals surface area contributed by atoms with Gasteiger partial charge in [0.25, 0.3) is 5.91 Å². The minimum atomic E-state index is -0.366. The second-order valence-electron chi connectivity index (χ2n) is 8.93. The molecule has 7 heteroatoms. The first-order chi connectivity index (χ1) is 16.9. The van der Waals surface area contributed by atoms with Crippen LogP contribution in [0.15, 0.2) is 60.0 Å². The third-order valence-corrected chi connectivity index (χ3v) is 7.68. The summed E-state index contributed by atoms with van der Waals surface area (Å²) < 4.78 is 19.6.